The molecule has 0 aromatic heterocycles. The smallest absolute Gasteiger partial charge is 0.279 e. The van der Waals surface area contributed by atoms with Gasteiger partial charge in [-0.15, -0.1) is 0 Å². The van der Waals surface area contributed by atoms with E-state index in [0.717, 1.165) is 44.7 Å². The van der Waals surface area contributed by atoms with Gasteiger partial charge < -0.3 is 5.32 Å². The second-order valence-electron chi connectivity index (χ2n) is 5.58. The zero-order chi connectivity index (χ0) is 13.0. The van der Waals surface area contributed by atoms with E-state index in [2.05, 4.69) is 17.0 Å². The maximum atomic E-state index is 12.2. The van der Waals surface area contributed by atoms with E-state index in [0.29, 0.717) is 13.1 Å². The van der Waals surface area contributed by atoms with Crippen molar-refractivity contribution in [1.82, 2.24) is 14.3 Å². The molecular formula is C12H25N3O2S. The molecular weight excluding hydrogens is 250 g/mol. The van der Waals surface area contributed by atoms with Gasteiger partial charge in [-0.25, -0.2) is 0 Å². The van der Waals surface area contributed by atoms with Crippen molar-refractivity contribution in [3.05, 3.63) is 0 Å². The number of hydrogen-bond donors (Lipinski definition) is 2. The first-order chi connectivity index (χ1) is 8.58. The van der Waals surface area contributed by atoms with E-state index in [9.17, 15) is 8.42 Å². The van der Waals surface area contributed by atoms with Crippen LogP contribution in [0.25, 0.3) is 0 Å². The molecule has 1 aliphatic heterocycles. The average molecular weight is 275 g/mol. The Labute approximate surface area is 110 Å². The molecule has 1 saturated heterocycles. The molecule has 18 heavy (non-hydrogen) atoms. The molecule has 106 valence electrons. The summed E-state index contributed by atoms with van der Waals surface area (Å²) < 4.78 is 28.9. The highest BCUT2D eigenvalue weighted by Gasteiger charge is 2.27. The average Bonchev–Trinajstić information content (AvgIpc) is 2.55. The van der Waals surface area contributed by atoms with Gasteiger partial charge in [-0.1, -0.05) is 19.8 Å². The van der Waals surface area contributed by atoms with Crippen LogP contribution in [0.4, 0.5) is 0 Å². The molecule has 6 heteroatoms. The summed E-state index contributed by atoms with van der Waals surface area (Å²) in [7, 11) is -3.27. The summed E-state index contributed by atoms with van der Waals surface area (Å²) in [6.07, 6.45) is 5.46. The largest absolute Gasteiger partial charge is 0.314 e. The number of nitrogens with zero attached hydrogens (tertiary/aromatic N) is 1. The van der Waals surface area contributed by atoms with Crippen LogP contribution in [0.15, 0.2) is 0 Å². The predicted octanol–water partition coefficient (Wildman–Crippen LogP) is 0.695. The lowest BCUT2D eigenvalue weighted by Gasteiger charge is -2.28. The van der Waals surface area contributed by atoms with Crippen molar-refractivity contribution in [2.75, 3.05) is 26.2 Å². The third-order valence-electron chi connectivity index (χ3n) is 3.99. The quantitative estimate of drug-likeness (QED) is 0.745. The van der Waals surface area contributed by atoms with Crippen molar-refractivity contribution in [3.63, 3.8) is 0 Å². The second kappa shape index (κ2) is 6.32. The molecule has 2 fully saturated rings. The Morgan fingerprint density at radius 3 is 2.56 bits per heavy atom. The van der Waals surface area contributed by atoms with Gasteiger partial charge in [0.2, 0.25) is 0 Å². The molecule has 5 nitrogen and oxygen atoms in total. The van der Waals surface area contributed by atoms with Crippen molar-refractivity contribution < 1.29 is 8.42 Å². The Morgan fingerprint density at radius 1 is 1.11 bits per heavy atom. The molecule has 0 spiro atoms. The summed E-state index contributed by atoms with van der Waals surface area (Å²) in [6, 6.07) is 0.134. The zero-order valence-corrected chi connectivity index (χ0v) is 12.0. The van der Waals surface area contributed by atoms with Crippen molar-refractivity contribution in [2.24, 2.45) is 5.92 Å². The molecule has 0 radical (unpaired) electrons. The second-order valence-corrected chi connectivity index (χ2v) is 7.28. The van der Waals surface area contributed by atoms with Gasteiger partial charge in [0.25, 0.3) is 10.2 Å². The maximum Gasteiger partial charge on any atom is 0.279 e. The number of rotatable bonds is 3. The van der Waals surface area contributed by atoms with Gasteiger partial charge in [-0.3, -0.25) is 0 Å². The van der Waals surface area contributed by atoms with E-state index in [1.165, 1.54) is 6.42 Å². The van der Waals surface area contributed by atoms with E-state index >= 15 is 0 Å². The third kappa shape index (κ3) is 3.91. The predicted molar refractivity (Wildman–Crippen MR) is 72.5 cm³/mol. The van der Waals surface area contributed by atoms with Gasteiger partial charge in [0.15, 0.2) is 0 Å². The molecule has 2 atom stereocenters. The molecule has 2 unspecified atom stereocenters. The fourth-order valence-electron chi connectivity index (χ4n) is 2.77. The molecule has 2 aliphatic rings. The minimum Gasteiger partial charge on any atom is -0.314 e. The zero-order valence-electron chi connectivity index (χ0n) is 11.2. The Bertz CT molecular complexity index is 352. The van der Waals surface area contributed by atoms with Gasteiger partial charge in [0, 0.05) is 32.2 Å². The van der Waals surface area contributed by atoms with E-state index in [4.69, 9.17) is 0 Å². The van der Waals surface area contributed by atoms with E-state index in [1.54, 1.807) is 4.31 Å². The monoisotopic (exact) mass is 275 g/mol. The Morgan fingerprint density at radius 2 is 1.83 bits per heavy atom. The van der Waals surface area contributed by atoms with Gasteiger partial charge in [0.1, 0.15) is 0 Å². The lowest BCUT2D eigenvalue weighted by Crippen LogP contribution is -2.52. The minimum absolute atomic E-state index is 0.134. The van der Waals surface area contributed by atoms with Gasteiger partial charge in [0.05, 0.1) is 0 Å². The first-order valence-electron chi connectivity index (χ1n) is 7.06. The van der Waals surface area contributed by atoms with Crippen LogP contribution in [-0.2, 0) is 10.2 Å². The first kappa shape index (κ1) is 14.2. The Balaban J connectivity index is 1.90. The van der Waals surface area contributed by atoms with Crippen LogP contribution in [0.5, 0.6) is 0 Å². The molecule has 2 rings (SSSR count). The van der Waals surface area contributed by atoms with Crippen LogP contribution in [0.2, 0.25) is 0 Å². The summed E-state index contributed by atoms with van der Waals surface area (Å²) in [5.41, 5.74) is 0. The number of piperazine rings is 1. The van der Waals surface area contributed by atoms with Crippen LogP contribution in [-0.4, -0.2) is 44.9 Å². The van der Waals surface area contributed by atoms with Gasteiger partial charge >= 0.3 is 0 Å². The van der Waals surface area contributed by atoms with Crippen LogP contribution in [0, 0.1) is 5.92 Å². The molecule has 2 N–H and O–H groups in total. The van der Waals surface area contributed by atoms with Crippen molar-refractivity contribution in [2.45, 2.75) is 45.1 Å². The molecule has 1 heterocycles. The van der Waals surface area contributed by atoms with Gasteiger partial charge in [-0.2, -0.15) is 17.4 Å². The van der Waals surface area contributed by atoms with Crippen molar-refractivity contribution in [1.29, 1.82) is 0 Å². The number of nitrogens with one attached hydrogen (secondary N) is 2. The van der Waals surface area contributed by atoms with Crippen molar-refractivity contribution in [3.8, 4) is 0 Å². The van der Waals surface area contributed by atoms with Crippen molar-refractivity contribution >= 4 is 10.2 Å². The van der Waals surface area contributed by atoms with E-state index in [-0.39, 0.29) is 6.04 Å². The highest BCUT2D eigenvalue weighted by molar-refractivity contribution is 7.87. The first-order valence-corrected chi connectivity index (χ1v) is 8.50. The summed E-state index contributed by atoms with van der Waals surface area (Å²) in [6.45, 7) is 4.93. The fourth-order valence-corrected chi connectivity index (χ4v) is 4.24. The molecule has 0 amide bonds. The molecule has 1 aliphatic carbocycles. The van der Waals surface area contributed by atoms with E-state index in [1.807, 2.05) is 0 Å². The lowest BCUT2D eigenvalue weighted by molar-refractivity contribution is 0.348. The summed E-state index contributed by atoms with van der Waals surface area (Å²) in [5, 5.41) is 3.17. The fraction of sp³-hybridized carbons (Fsp3) is 1.00. The summed E-state index contributed by atoms with van der Waals surface area (Å²) >= 11 is 0. The SMILES string of the molecule is CC1CCCC(NS(=O)(=O)N2CCNCC2)CC1. The topological polar surface area (TPSA) is 61.4 Å². The lowest BCUT2D eigenvalue weighted by atomic mass is 10.0. The third-order valence-corrected chi connectivity index (χ3v) is 5.67. The van der Waals surface area contributed by atoms with Crippen LogP contribution in [0.1, 0.15) is 39.0 Å². The Kier molecular flexibility index (Phi) is 5.00. The van der Waals surface area contributed by atoms with Gasteiger partial charge in [-0.05, 0) is 25.2 Å². The summed E-state index contributed by atoms with van der Waals surface area (Å²) in [5.74, 6) is 0.735. The van der Waals surface area contributed by atoms with E-state index < -0.39 is 10.2 Å². The Hall–Kier alpha value is -0.170. The highest BCUT2D eigenvalue weighted by Crippen LogP contribution is 2.23. The maximum absolute atomic E-state index is 12.2. The highest BCUT2D eigenvalue weighted by atomic mass is 32.2. The minimum atomic E-state index is -3.27. The molecule has 0 aromatic rings. The number of hydrogen-bond acceptors (Lipinski definition) is 3. The van der Waals surface area contributed by atoms with Crippen LogP contribution in [0.3, 0.4) is 0 Å². The summed E-state index contributed by atoms with van der Waals surface area (Å²) in [4.78, 5) is 0. The standard InChI is InChI=1S/C12H25N3O2S/c1-11-3-2-4-12(6-5-11)14-18(16,17)15-9-7-13-8-10-15/h11-14H,2-10H2,1H3. The van der Waals surface area contributed by atoms with Crippen LogP contribution < -0.4 is 10.0 Å². The van der Waals surface area contributed by atoms with Crippen LogP contribution >= 0.6 is 0 Å². The molecule has 1 saturated carbocycles. The molecule has 0 bridgehead atoms. The normalized spacial score (nSPS) is 32.1. The molecule has 0 aromatic carbocycles.